The van der Waals surface area contributed by atoms with E-state index in [2.05, 4.69) is 0 Å². The Labute approximate surface area is 182 Å². The molecule has 2 fully saturated rings. The fraction of sp³-hybridized carbons (Fsp3) is 0.478. The number of carbonyl (C=O) groups is 2. The van der Waals surface area contributed by atoms with Gasteiger partial charge in [-0.1, -0.05) is 25.0 Å². The van der Waals surface area contributed by atoms with E-state index in [4.69, 9.17) is 9.47 Å². The normalized spacial score (nSPS) is 20.6. The largest absolute Gasteiger partial charge is 0.497 e. The molecule has 1 heterocycles. The number of nitrogens with zero attached hydrogens (tertiary/aromatic N) is 1. The first kappa shape index (κ1) is 21.6. The van der Waals surface area contributed by atoms with Crippen molar-refractivity contribution in [2.45, 2.75) is 44.2 Å². The van der Waals surface area contributed by atoms with Crippen molar-refractivity contribution >= 4 is 32.5 Å². The van der Waals surface area contributed by atoms with E-state index >= 15 is 0 Å². The van der Waals surface area contributed by atoms with Crippen LogP contribution in [0.1, 0.15) is 42.5 Å². The van der Waals surface area contributed by atoms with Gasteiger partial charge in [0.25, 0.3) is 5.91 Å². The van der Waals surface area contributed by atoms with Crippen LogP contribution < -0.4 is 4.74 Å². The standard InChI is InChI=1S/C23H27NO6S/c1-29-21-9-8-16-12-18(7-6-17(16)13-21)23(26)30-14-22(25)24(19-4-2-3-5-19)20-10-11-31(27,28)15-20/h6-9,12-13,19-20H,2-5,10-11,14-15H2,1H3/t20-/m0/s1. The number of methoxy groups -OCH3 is 1. The topological polar surface area (TPSA) is 90.0 Å². The molecule has 4 rings (SSSR count). The van der Waals surface area contributed by atoms with Crippen LogP contribution in [0.5, 0.6) is 5.75 Å². The minimum absolute atomic E-state index is 0.00266. The molecule has 2 aliphatic rings. The van der Waals surface area contributed by atoms with E-state index in [0.29, 0.717) is 12.0 Å². The van der Waals surface area contributed by atoms with Crippen molar-refractivity contribution in [1.29, 1.82) is 0 Å². The minimum atomic E-state index is -3.11. The number of amides is 1. The van der Waals surface area contributed by atoms with Crippen molar-refractivity contribution in [2.24, 2.45) is 0 Å². The summed E-state index contributed by atoms with van der Waals surface area (Å²) in [6.45, 7) is -0.382. The van der Waals surface area contributed by atoms with Gasteiger partial charge in [-0.3, -0.25) is 4.79 Å². The van der Waals surface area contributed by atoms with Crippen LogP contribution >= 0.6 is 0 Å². The number of fused-ring (bicyclic) bond motifs is 1. The van der Waals surface area contributed by atoms with Gasteiger partial charge in [-0.05, 0) is 54.3 Å². The monoisotopic (exact) mass is 445 g/mol. The van der Waals surface area contributed by atoms with Crippen LogP contribution in [0.25, 0.3) is 10.8 Å². The minimum Gasteiger partial charge on any atom is -0.497 e. The molecule has 31 heavy (non-hydrogen) atoms. The van der Waals surface area contributed by atoms with Gasteiger partial charge in [0.15, 0.2) is 16.4 Å². The first-order chi connectivity index (χ1) is 14.9. The van der Waals surface area contributed by atoms with E-state index in [1.165, 1.54) is 0 Å². The lowest BCUT2D eigenvalue weighted by atomic mass is 10.1. The Morgan fingerprint density at radius 1 is 1.00 bits per heavy atom. The third-order valence-electron chi connectivity index (χ3n) is 6.22. The third kappa shape index (κ3) is 4.84. The van der Waals surface area contributed by atoms with E-state index in [-0.39, 0.29) is 36.1 Å². The molecular formula is C23H27NO6S. The number of esters is 1. The zero-order chi connectivity index (χ0) is 22.0. The summed E-state index contributed by atoms with van der Waals surface area (Å²) in [5.74, 6) is -0.0497. The van der Waals surface area contributed by atoms with Crippen LogP contribution in [0.3, 0.4) is 0 Å². The first-order valence-corrected chi connectivity index (χ1v) is 12.4. The number of rotatable bonds is 6. The van der Waals surface area contributed by atoms with Gasteiger partial charge in [-0.15, -0.1) is 0 Å². The lowest BCUT2D eigenvalue weighted by Gasteiger charge is -2.33. The van der Waals surface area contributed by atoms with Crippen molar-refractivity contribution < 1.29 is 27.5 Å². The molecule has 1 saturated carbocycles. The van der Waals surface area contributed by atoms with Crippen LogP contribution in [-0.4, -0.2) is 62.5 Å². The molecule has 0 unspecified atom stereocenters. The molecule has 1 amide bonds. The maximum atomic E-state index is 13.0. The Balaban J connectivity index is 1.44. The second-order valence-electron chi connectivity index (χ2n) is 8.30. The van der Waals surface area contributed by atoms with Crippen molar-refractivity contribution in [2.75, 3.05) is 25.2 Å². The lowest BCUT2D eigenvalue weighted by molar-refractivity contribution is -0.139. The molecule has 1 saturated heterocycles. The second kappa shape index (κ2) is 8.86. The SMILES string of the molecule is COc1ccc2cc(C(=O)OCC(=O)N(C3CCCC3)[C@H]3CCS(=O)(=O)C3)ccc2c1. The highest BCUT2D eigenvalue weighted by Gasteiger charge is 2.39. The number of sulfone groups is 1. The number of benzene rings is 2. The van der Waals surface area contributed by atoms with Gasteiger partial charge in [0.05, 0.1) is 24.2 Å². The summed E-state index contributed by atoms with van der Waals surface area (Å²) in [6, 6.07) is 10.4. The molecule has 0 bridgehead atoms. The van der Waals surface area contributed by atoms with Gasteiger partial charge >= 0.3 is 5.97 Å². The zero-order valence-corrected chi connectivity index (χ0v) is 18.4. The van der Waals surface area contributed by atoms with E-state index < -0.39 is 15.8 Å². The average molecular weight is 446 g/mol. The molecule has 1 aliphatic heterocycles. The van der Waals surface area contributed by atoms with Gasteiger partial charge in [0.2, 0.25) is 0 Å². The zero-order valence-electron chi connectivity index (χ0n) is 17.6. The summed E-state index contributed by atoms with van der Waals surface area (Å²) < 4.78 is 34.4. The first-order valence-electron chi connectivity index (χ1n) is 10.6. The molecule has 8 heteroatoms. The average Bonchev–Trinajstić information content (AvgIpc) is 3.41. The molecule has 1 atom stereocenters. The Kier molecular flexibility index (Phi) is 6.18. The highest BCUT2D eigenvalue weighted by atomic mass is 32.2. The Hall–Kier alpha value is -2.61. The van der Waals surface area contributed by atoms with Crippen molar-refractivity contribution in [3.8, 4) is 5.75 Å². The lowest BCUT2D eigenvalue weighted by Crippen LogP contribution is -2.48. The molecule has 1 aliphatic carbocycles. The summed E-state index contributed by atoms with van der Waals surface area (Å²) >= 11 is 0. The summed E-state index contributed by atoms with van der Waals surface area (Å²) in [5.41, 5.74) is 0.362. The highest BCUT2D eigenvalue weighted by Crippen LogP contribution is 2.29. The highest BCUT2D eigenvalue weighted by molar-refractivity contribution is 7.91. The molecule has 0 N–H and O–H groups in total. The van der Waals surface area contributed by atoms with Gasteiger partial charge in [-0.2, -0.15) is 0 Å². The predicted molar refractivity (Wildman–Crippen MR) is 117 cm³/mol. The molecule has 0 spiro atoms. The Morgan fingerprint density at radius 3 is 2.39 bits per heavy atom. The van der Waals surface area contributed by atoms with E-state index in [0.717, 1.165) is 42.2 Å². The summed E-state index contributed by atoms with van der Waals surface area (Å²) in [6.07, 6.45) is 4.23. The van der Waals surface area contributed by atoms with Crippen LogP contribution in [0.15, 0.2) is 36.4 Å². The van der Waals surface area contributed by atoms with Gasteiger partial charge < -0.3 is 14.4 Å². The fourth-order valence-corrected chi connectivity index (χ4v) is 6.36. The van der Waals surface area contributed by atoms with Gasteiger partial charge in [-0.25, -0.2) is 13.2 Å². The quantitative estimate of drug-likeness (QED) is 0.635. The van der Waals surface area contributed by atoms with Crippen molar-refractivity contribution in [3.05, 3.63) is 42.0 Å². The molecule has 2 aromatic carbocycles. The number of ether oxygens (including phenoxy) is 2. The number of hydrogen-bond acceptors (Lipinski definition) is 6. The van der Waals surface area contributed by atoms with Gasteiger partial charge in [0.1, 0.15) is 5.75 Å². The fourth-order valence-electron chi connectivity index (χ4n) is 4.65. The van der Waals surface area contributed by atoms with Crippen LogP contribution in [0.4, 0.5) is 0 Å². The van der Waals surface area contributed by atoms with Crippen molar-refractivity contribution in [1.82, 2.24) is 4.90 Å². The molecule has 0 radical (unpaired) electrons. The van der Waals surface area contributed by atoms with Gasteiger partial charge in [0, 0.05) is 12.1 Å². The summed E-state index contributed by atoms with van der Waals surface area (Å²) in [5, 5.41) is 1.80. The number of carbonyl (C=O) groups excluding carboxylic acids is 2. The molecule has 166 valence electrons. The van der Waals surface area contributed by atoms with Crippen LogP contribution in [-0.2, 0) is 19.4 Å². The van der Waals surface area contributed by atoms with E-state index in [9.17, 15) is 18.0 Å². The predicted octanol–water partition coefficient (Wildman–Crippen LogP) is 2.96. The van der Waals surface area contributed by atoms with Crippen LogP contribution in [0, 0.1) is 0 Å². The second-order valence-corrected chi connectivity index (χ2v) is 10.5. The van der Waals surface area contributed by atoms with Crippen LogP contribution in [0.2, 0.25) is 0 Å². The molecular weight excluding hydrogens is 418 g/mol. The summed E-state index contributed by atoms with van der Waals surface area (Å²) in [7, 11) is -1.52. The Bertz CT molecular complexity index is 1090. The number of hydrogen-bond donors (Lipinski definition) is 0. The molecule has 7 nitrogen and oxygen atoms in total. The third-order valence-corrected chi connectivity index (χ3v) is 7.97. The smallest absolute Gasteiger partial charge is 0.338 e. The Morgan fingerprint density at radius 2 is 1.71 bits per heavy atom. The van der Waals surface area contributed by atoms with Crippen molar-refractivity contribution in [3.63, 3.8) is 0 Å². The molecule has 0 aromatic heterocycles. The van der Waals surface area contributed by atoms with E-state index in [1.54, 1.807) is 24.1 Å². The molecule has 2 aromatic rings. The summed E-state index contributed by atoms with van der Waals surface area (Å²) in [4.78, 5) is 27.2. The maximum Gasteiger partial charge on any atom is 0.338 e. The maximum absolute atomic E-state index is 13.0. The van der Waals surface area contributed by atoms with E-state index in [1.807, 2.05) is 24.3 Å².